The molecule has 170 valence electrons. The van der Waals surface area contributed by atoms with Gasteiger partial charge < -0.3 is 30.0 Å². The van der Waals surface area contributed by atoms with Crippen LogP contribution in [0.1, 0.15) is 18.4 Å². The first kappa shape index (κ1) is 24.3. The van der Waals surface area contributed by atoms with Crippen LogP contribution in [0.15, 0.2) is 40.7 Å². The molecule has 1 heterocycles. The Morgan fingerprint density at radius 3 is 2.45 bits per heavy atom. The van der Waals surface area contributed by atoms with Gasteiger partial charge in [-0.3, -0.25) is 0 Å². The summed E-state index contributed by atoms with van der Waals surface area (Å²) in [5.74, 6) is -3.49. The van der Waals surface area contributed by atoms with Crippen molar-refractivity contribution in [1.82, 2.24) is 5.32 Å². The summed E-state index contributed by atoms with van der Waals surface area (Å²) in [6, 6.07) is 3.85. The number of hydrogen-bond acceptors (Lipinski definition) is 8. The van der Waals surface area contributed by atoms with Crippen molar-refractivity contribution < 1.29 is 37.3 Å². The summed E-state index contributed by atoms with van der Waals surface area (Å²) in [4.78, 5) is 25.5. The smallest absolute Gasteiger partial charge is 0.336 e. The lowest BCUT2D eigenvalue weighted by atomic mass is 9.79. The van der Waals surface area contributed by atoms with Crippen molar-refractivity contribution in [1.29, 1.82) is 0 Å². The Morgan fingerprint density at radius 1 is 1.16 bits per heavy atom. The summed E-state index contributed by atoms with van der Waals surface area (Å²) in [5, 5.41) is 2.73. The van der Waals surface area contributed by atoms with E-state index in [-0.39, 0.29) is 60.2 Å². The van der Waals surface area contributed by atoms with E-state index in [9.17, 15) is 18.4 Å². The third-order valence-corrected chi connectivity index (χ3v) is 4.59. The van der Waals surface area contributed by atoms with Crippen molar-refractivity contribution in [2.45, 2.75) is 12.8 Å². The molecule has 1 aliphatic rings. The Kier molecular flexibility index (Phi) is 8.95. The van der Waals surface area contributed by atoms with Crippen LogP contribution >= 0.6 is 0 Å². The van der Waals surface area contributed by atoms with Crippen LogP contribution in [0.4, 0.5) is 8.78 Å². The van der Waals surface area contributed by atoms with Crippen LogP contribution in [0.25, 0.3) is 0 Å². The summed E-state index contributed by atoms with van der Waals surface area (Å²) in [6.45, 7) is 0.756. The van der Waals surface area contributed by atoms with Crippen LogP contribution in [0.2, 0.25) is 0 Å². The van der Waals surface area contributed by atoms with Crippen LogP contribution in [-0.2, 0) is 23.8 Å². The minimum absolute atomic E-state index is 0.0276. The third kappa shape index (κ3) is 5.39. The molecule has 0 saturated heterocycles. The Balaban J connectivity index is 2.79. The molecule has 0 aromatic heterocycles. The van der Waals surface area contributed by atoms with Crippen molar-refractivity contribution in [3.8, 4) is 5.75 Å². The number of allylic oxidation sites excluding steroid dienone is 1. The number of benzene rings is 1. The van der Waals surface area contributed by atoms with Gasteiger partial charge in [0, 0.05) is 12.1 Å². The molecular weight excluding hydrogens is 414 g/mol. The average Bonchev–Trinajstić information content (AvgIpc) is 2.78. The number of carbonyl (C=O) groups is 2. The number of dihydropyridines is 1. The first-order valence-corrected chi connectivity index (χ1v) is 9.59. The van der Waals surface area contributed by atoms with Gasteiger partial charge in [-0.1, -0.05) is 0 Å². The summed E-state index contributed by atoms with van der Waals surface area (Å²) < 4.78 is 49.5. The Bertz CT molecular complexity index is 885. The number of alkyl halides is 1. The molecule has 1 aliphatic heterocycles. The SMILES string of the molecule is CCOC(=O)C1=C(COCCN)NC(CF)=C(C(=O)OC)C1c1cc(OC)ccc1F. The summed E-state index contributed by atoms with van der Waals surface area (Å²) in [7, 11) is 2.50. The molecule has 0 bridgehead atoms. The second kappa shape index (κ2) is 11.4. The van der Waals surface area contributed by atoms with Gasteiger partial charge in [0.15, 0.2) is 0 Å². The van der Waals surface area contributed by atoms with E-state index >= 15 is 0 Å². The number of halogens is 2. The highest BCUT2D eigenvalue weighted by Crippen LogP contribution is 2.41. The molecule has 8 nitrogen and oxygen atoms in total. The van der Waals surface area contributed by atoms with Gasteiger partial charge in [0.25, 0.3) is 0 Å². The number of esters is 2. The highest BCUT2D eigenvalue weighted by molar-refractivity contribution is 6.00. The van der Waals surface area contributed by atoms with Crippen molar-refractivity contribution in [2.24, 2.45) is 5.73 Å². The molecule has 31 heavy (non-hydrogen) atoms. The second-order valence-electron chi connectivity index (χ2n) is 6.42. The lowest BCUT2D eigenvalue weighted by molar-refractivity contribution is -0.139. The molecule has 3 N–H and O–H groups in total. The van der Waals surface area contributed by atoms with Crippen molar-refractivity contribution in [3.05, 3.63) is 52.1 Å². The maximum Gasteiger partial charge on any atom is 0.336 e. The quantitative estimate of drug-likeness (QED) is 0.418. The maximum atomic E-state index is 15.0. The molecule has 2 rings (SSSR count). The van der Waals surface area contributed by atoms with Gasteiger partial charge in [0.2, 0.25) is 0 Å². The molecule has 1 unspecified atom stereocenters. The Labute approximate surface area is 179 Å². The van der Waals surface area contributed by atoms with Crippen LogP contribution in [-0.4, -0.2) is 59.2 Å². The van der Waals surface area contributed by atoms with Gasteiger partial charge in [-0.2, -0.15) is 0 Å². The monoisotopic (exact) mass is 440 g/mol. The third-order valence-electron chi connectivity index (χ3n) is 4.59. The number of rotatable bonds is 10. The van der Waals surface area contributed by atoms with Gasteiger partial charge in [0.05, 0.1) is 62.5 Å². The molecule has 1 atom stereocenters. The number of methoxy groups -OCH3 is 2. The standard InChI is InChI=1S/C21H26F2N2O6/c1-4-31-21(27)19-16(11-30-8-7-24)25-15(10-22)18(20(26)29-3)17(19)13-9-12(28-2)5-6-14(13)23/h5-6,9,17,25H,4,7-8,10-11,24H2,1-3H3. The van der Waals surface area contributed by atoms with Gasteiger partial charge in [-0.25, -0.2) is 18.4 Å². The van der Waals surface area contributed by atoms with E-state index in [1.807, 2.05) is 0 Å². The maximum absolute atomic E-state index is 15.0. The number of carbonyl (C=O) groups excluding carboxylic acids is 2. The average molecular weight is 440 g/mol. The summed E-state index contributed by atoms with van der Waals surface area (Å²) in [5.41, 5.74) is 4.99. The van der Waals surface area contributed by atoms with Crippen molar-refractivity contribution in [3.63, 3.8) is 0 Å². The van der Waals surface area contributed by atoms with Crippen LogP contribution in [0.3, 0.4) is 0 Å². The predicted molar refractivity (Wildman–Crippen MR) is 107 cm³/mol. The second-order valence-corrected chi connectivity index (χ2v) is 6.42. The van der Waals surface area contributed by atoms with E-state index in [4.69, 9.17) is 24.7 Å². The zero-order valence-corrected chi connectivity index (χ0v) is 17.6. The molecule has 0 aliphatic carbocycles. The molecule has 0 fully saturated rings. The number of ether oxygens (including phenoxy) is 4. The van der Waals surface area contributed by atoms with Gasteiger partial charge >= 0.3 is 11.9 Å². The molecule has 1 aromatic rings. The topological polar surface area (TPSA) is 109 Å². The van der Waals surface area contributed by atoms with Crippen LogP contribution < -0.4 is 15.8 Å². The molecule has 0 radical (unpaired) electrons. The molecular formula is C21H26F2N2O6. The number of nitrogens with one attached hydrogen (secondary N) is 1. The predicted octanol–water partition coefficient (Wildman–Crippen LogP) is 1.71. The zero-order valence-electron chi connectivity index (χ0n) is 17.6. The Hall–Kier alpha value is -2.98. The fourth-order valence-corrected chi connectivity index (χ4v) is 3.27. The summed E-state index contributed by atoms with van der Waals surface area (Å²) in [6.07, 6.45) is 0. The van der Waals surface area contributed by atoms with Crippen LogP contribution in [0, 0.1) is 5.82 Å². The first-order valence-electron chi connectivity index (χ1n) is 9.59. The van der Waals surface area contributed by atoms with E-state index in [1.165, 1.54) is 19.2 Å². The van der Waals surface area contributed by atoms with E-state index in [1.54, 1.807) is 6.92 Å². The number of hydrogen-bond donors (Lipinski definition) is 2. The highest BCUT2D eigenvalue weighted by atomic mass is 19.1. The van der Waals surface area contributed by atoms with E-state index in [2.05, 4.69) is 5.32 Å². The fraction of sp³-hybridized carbons (Fsp3) is 0.429. The molecule has 0 amide bonds. The lowest BCUT2D eigenvalue weighted by Gasteiger charge is -2.31. The minimum atomic E-state index is -1.31. The van der Waals surface area contributed by atoms with E-state index < -0.39 is 30.3 Å². The van der Waals surface area contributed by atoms with Gasteiger partial charge in [0.1, 0.15) is 18.2 Å². The zero-order chi connectivity index (χ0) is 23.0. The first-order chi connectivity index (χ1) is 14.9. The molecule has 1 aromatic carbocycles. The van der Waals surface area contributed by atoms with E-state index in [0.717, 1.165) is 13.2 Å². The molecule has 0 spiro atoms. The fourth-order valence-electron chi connectivity index (χ4n) is 3.27. The molecule has 0 saturated carbocycles. The van der Waals surface area contributed by atoms with Gasteiger partial charge in [-0.15, -0.1) is 0 Å². The van der Waals surface area contributed by atoms with Gasteiger partial charge in [-0.05, 0) is 25.1 Å². The van der Waals surface area contributed by atoms with Crippen LogP contribution in [0.5, 0.6) is 5.75 Å². The Morgan fingerprint density at radius 2 is 1.87 bits per heavy atom. The number of nitrogens with two attached hydrogens (primary N) is 1. The van der Waals surface area contributed by atoms with E-state index in [0.29, 0.717) is 0 Å². The highest BCUT2D eigenvalue weighted by Gasteiger charge is 2.41. The van der Waals surface area contributed by atoms with Crippen molar-refractivity contribution in [2.75, 3.05) is 47.3 Å². The lowest BCUT2D eigenvalue weighted by Crippen LogP contribution is -2.36. The molecule has 10 heteroatoms. The normalized spacial score (nSPS) is 16.1. The largest absolute Gasteiger partial charge is 0.497 e. The minimum Gasteiger partial charge on any atom is -0.497 e. The van der Waals surface area contributed by atoms with Crippen molar-refractivity contribution >= 4 is 11.9 Å². The summed E-state index contributed by atoms with van der Waals surface area (Å²) >= 11 is 0.